The summed E-state index contributed by atoms with van der Waals surface area (Å²) >= 11 is 1.59. The smallest absolute Gasteiger partial charge is 0.409 e. The molecule has 0 amide bonds. The van der Waals surface area contributed by atoms with Crippen LogP contribution in [0.1, 0.15) is 0 Å². The number of aliphatic hydroxyl groups is 2. The molecule has 0 aliphatic carbocycles. The first kappa shape index (κ1) is 26.6. The Morgan fingerprint density at radius 2 is 1.80 bits per heavy atom. The van der Waals surface area contributed by atoms with Gasteiger partial charge in [-0.05, 0) is 46.8 Å². The molecule has 0 bridgehead atoms. The Bertz CT molecular complexity index is 1410. The molecule has 0 radical (unpaired) electrons. The van der Waals surface area contributed by atoms with Gasteiger partial charge in [0.25, 0.3) is 0 Å². The quantitative estimate of drug-likeness (QED) is 0.154. The predicted molar refractivity (Wildman–Crippen MR) is 131 cm³/mol. The number of fused-ring (bicyclic) bond motifs is 2. The standard InChI is InChI=1S/C20H23N6O2S.CH4O4S/c1-24-18-12-17-14(13-21-25(17)2)11-19(18)29-20(24)23-22-15-3-5-16(6-4-15)26(7-9-27)8-10-28;1-5-6(2,3)4/h3-6,11-13,27-28H,7-10H2,1-2H3;1H3,(H,2,3,4)/q+1;/p-1. The number of thiazole rings is 1. The molecule has 0 unspecified atom stereocenters. The Morgan fingerprint density at radius 1 is 1.17 bits per heavy atom. The lowest BCUT2D eigenvalue weighted by atomic mass is 10.2. The number of hydrogen-bond acceptors (Lipinski definition) is 11. The summed E-state index contributed by atoms with van der Waals surface area (Å²) in [5.41, 5.74) is 3.85. The molecule has 0 aliphatic rings. The van der Waals surface area contributed by atoms with Crippen molar-refractivity contribution in [2.45, 2.75) is 0 Å². The molecular weight excluding hydrogens is 496 g/mol. The van der Waals surface area contributed by atoms with Crippen molar-refractivity contribution >= 4 is 59.4 Å². The van der Waals surface area contributed by atoms with Gasteiger partial charge in [-0.25, -0.2) is 13.0 Å². The van der Waals surface area contributed by atoms with Gasteiger partial charge < -0.3 is 19.7 Å². The molecule has 0 fully saturated rings. The van der Waals surface area contributed by atoms with Crippen molar-refractivity contribution < 1.29 is 31.9 Å². The van der Waals surface area contributed by atoms with E-state index in [2.05, 4.69) is 31.6 Å². The second-order valence-electron chi connectivity index (χ2n) is 7.32. The number of benzene rings is 2. The summed E-state index contributed by atoms with van der Waals surface area (Å²) in [7, 11) is 0.320. The molecule has 0 atom stereocenters. The van der Waals surface area contributed by atoms with E-state index < -0.39 is 10.4 Å². The number of aryl methyl sites for hydroxylation is 2. The molecule has 2 aromatic carbocycles. The topological polar surface area (TPSA) is 157 Å². The molecule has 12 nitrogen and oxygen atoms in total. The van der Waals surface area contributed by atoms with Crippen LogP contribution in [0.15, 0.2) is 52.8 Å². The number of hydrogen-bond donors (Lipinski definition) is 2. The van der Waals surface area contributed by atoms with Crippen LogP contribution in [0.3, 0.4) is 0 Å². The van der Waals surface area contributed by atoms with Gasteiger partial charge in [0.1, 0.15) is 11.2 Å². The first-order valence-corrected chi connectivity index (χ1v) is 12.6. The second kappa shape index (κ2) is 11.6. The number of azo groups is 1. The van der Waals surface area contributed by atoms with E-state index in [0.717, 1.165) is 44.7 Å². The fourth-order valence-corrected chi connectivity index (χ4v) is 4.31. The van der Waals surface area contributed by atoms with E-state index in [1.807, 2.05) is 58.7 Å². The molecule has 35 heavy (non-hydrogen) atoms. The third kappa shape index (κ3) is 6.78. The third-order valence-electron chi connectivity index (χ3n) is 5.09. The Balaban J connectivity index is 0.000000509. The number of aromatic nitrogens is 3. The largest absolute Gasteiger partial charge is 0.726 e. The number of nitrogens with zero attached hydrogens (tertiary/aromatic N) is 6. The first-order chi connectivity index (χ1) is 16.7. The van der Waals surface area contributed by atoms with Crippen molar-refractivity contribution in [3.63, 3.8) is 0 Å². The average Bonchev–Trinajstić information content (AvgIpc) is 3.35. The minimum atomic E-state index is -4.41. The maximum Gasteiger partial charge on any atom is 0.409 e. The third-order valence-corrected chi connectivity index (χ3v) is 6.58. The zero-order chi connectivity index (χ0) is 25.6. The molecule has 4 rings (SSSR count). The molecule has 4 aromatic rings. The molecule has 0 saturated carbocycles. The number of aliphatic hydroxyl groups excluding tert-OH is 2. The zero-order valence-electron chi connectivity index (χ0n) is 19.4. The average molecular weight is 523 g/mol. The Hall–Kier alpha value is -3.01. The van der Waals surface area contributed by atoms with Crippen LogP contribution in [0.5, 0.6) is 0 Å². The van der Waals surface area contributed by atoms with Crippen molar-refractivity contribution in [3.8, 4) is 0 Å². The van der Waals surface area contributed by atoms with Crippen LogP contribution in [0.25, 0.3) is 21.1 Å². The Labute approximate surface area is 206 Å². The molecule has 0 spiro atoms. The molecule has 188 valence electrons. The summed E-state index contributed by atoms with van der Waals surface area (Å²) in [6.45, 7) is 1.02. The fourth-order valence-electron chi connectivity index (χ4n) is 3.31. The molecule has 2 N–H and O–H groups in total. The zero-order valence-corrected chi connectivity index (χ0v) is 21.0. The first-order valence-electron chi connectivity index (χ1n) is 10.4. The molecule has 0 aliphatic heterocycles. The van der Waals surface area contributed by atoms with Gasteiger partial charge in [-0.3, -0.25) is 8.86 Å². The van der Waals surface area contributed by atoms with Crippen LogP contribution >= 0.6 is 11.3 Å². The van der Waals surface area contributed by atoms with Crippen LogP contribution in [0.2, 0.25) is 0 Å². The van der Waals surface area contributed by atoms with E-state index in [9.17, 15) is 23.2 Å². The van der Waals surface area contributed by atoms with Crippen molar-refractivity contribution in [2.24, 2.45) is 24.3 Å². The van der Waals surface area contributed by atoms with E-state index in [1.54, 1.807) is 11.3 Å². The molecular formula is C21H26N6O6S2. The second-order valence-corrected chi connectivity index (χ2v) is 9.48. The van der Waals surface area contributed by atoms with Crippen LogP contribution < -0.4 is 9.47 Å². The minimum absolute atomic E-state index is 0.0367. The monoisotopic (exact) mass is 522 g/mol. The Morgan fingerprint density at radius 3 is 2.37 bits per heavy atom. The van der Waals surface area contributed by atoms with Crippen LogP contribution in [-0.2, 0) is 28.7 Å². The van der Waals surface area contributed by atoms with E-state index >= 15 is 0 Å². The highest BCUT2D eigenvalue weighted by Gasteiger charge is 2.18. The van der Waals surface area contributed by atoms with E-state index in [4.69, 9.17) is 0 Å². The molecule has 14 heteroatoms. The normalized spacial score (nSPS) is 11.8. The highest BCUT2D eigenvalue weighted by molar-refractivity contribution is 7.80. The van der Waals surface area contributed by atoms with Gasteiger partial charge >= 0.3 is 5.13 Å². The molecule has 2 aromatic heterocycles. The molecule has 0 saturated heterocycles. The lowest BCUT2D eigenvalue weighted by molar-refractivity contribution is -0.627. The minimum Gasteiger partial charge on any atom is -0.726 e. The number of rotatable bonds is 8. The van der Waals surface area contributed by atoms with Gasteiger partial charge in [-0.1, -0.05) is 0 Å². The van der Waals surface area contributed by atoms with E-state index in [1.165, 1.54) is 0 Å². The summed E-state index contributed by atoms with van der Waals surface area (Å²) in [6.07, 6.45) is 1.87. The fraction of sp³-hybridized carbons (Fsp3) is 0.333. The van der Waals surface area contributed by atoms with E-state index in [0.29, 0.717) is 13.1 Å². The highest BCUT2D eigenvalue weighted by atomic mass is 32.3. The van der Waals surface area contributed by atoms with Crippen molar-refractivity contribution in [3.05, 3.63) is 42.6 Å². The summed E-state index contributed by atoms with van der Waals surface area (Å²) in [5, 5.41) is 33.4. The lowest BCUT2D eigenvalue weighted by Gasteiger charge is -2.22. The van der Waals surface area contributed by atoms with Gasteiger partial charge in [0.2, 0.25) is 10.4 Å². The van der Waals surface area contributed by atoms with E-state index in [-0.39, 0.29) is 13.2 Å². The van der Waals surface area contributed by atoms with Gasteiger partial charge in [0.05, 0.1) is 48.9 Å². The Kier molecular flexibility index (Phi) is 8.82. The van der Waals surface area contributed by atoms with Gasteiger partial charge in [-0.2, -0.15) is 5.10 Å². The number of anilines is 1. The van der Waals surface area contributed by atoms with Crippen molar-refractivity contribution in [1.82, 2.24) is 9.78 Å². The predicted octanol–water partition coefficient (Wildman–Crippen LogP) is 1.91. The summed E-state index contributed by atoms with van der Waals surface area (Å²) < 4.78 is 36.1. The highest BCUT2D eigenvalue weighted by Crippen LogP contribution is 2.30. The summed E-state index contributed by atoms with van der Waals surface area (Å²) in [5.74, 6) is 0. The van der Waals surface area contributed by atoms with Crippen LogP contribution in [0, 0.1) is 0 Å². The summed E-state index contributed by atoms with van der Waals surface area (Å²) in [6, 6.07) is 11.9. The van der Waals surface area contributed by atoms with Crippen LogP contribution in [-0.4, -0.2) is 66.4 Å². The SMILES string of the molecule is COS(=O)(=O)[O-].Cn1ncc2cc3sc(/N=N/c4ccc(N(CCO)CCO)cc4)[n+](C)c3cc21. The lowest BCUT2D eigenvalue weighted by Crippen LogP contribution is -2.29. The van der Waals surface area contributed by atoms with Gasteiger partial charge in [-0.15, -0.1) is 0 Å². The van der Waals surface area contributed by atoms with Crippen molar-refractivity contribution in [1.29, 1.82) is 0 Å². The maximum atomic E-state index is 9.22. The van der Waals surface area contributed by atoms with Gasteiger partial charge in [0.15, 0.2) is 0 Å². The van der Waals surface area contributed by atoms with Gasteiger partial charge in [0, 0.05) is 37.3 Å². The van der Waals surface area contributed by atoms with Crippen LogP contribution in [0.4, 0.5) is 16.5 Å². The summed E-state index contributed by atoms with van der Waals surface area (Å²) in [4.78, 5) is 1.92. The maximum absolute atomic E-state index is 9.22. The van der Waals surface area contributed by atoms with Crippen molar-refractivity contribution in [2.75, 3.05) is 38.3 Å². The molecule has 2 heterocycles.